The normalized spacial score (nSPS) is 28.4. The van der Waals surface area contributed by atoms with Gasteiger partial charge in [0.15, 0.2) is 0 Å². The zero-order valence-corrected chi connectivity index (χ0v) is 12.8. The van der Waals surface area contributed by atoms with Gasteiger partial charge in [-0.3, -0.25) is 10.1 Å². The highest BCUT2D eigenvalue weighted by atomic mass is 32.1. The van der Waals surface area contributed by atoms with Crippen LogP contribution in [0.25, 0.3) is 0 Å². The van der Waals surface area contributed by atoms with Crippen molar-refractivity contribution < 1.29 is 9.53 Å². The molecule has 1 amide bonds. The van der Waals surface area contributed by atoms with Gasteiger partial charge in [0.2, 0.25) is 5.91 Å². The van der Waals surface area contributed by atoms with Gasteiger partial charge in [-0.2, -0.15) is 0 Å². The molecule has 1 atom stereocenters. The van der Waals surface area contributed by atoms with E-state index in [1.807, 2.05) is 45.2 Å². The third-order valence-corrected chi connectivity index (χ3v) is 4.69. The van der Waals surface area contributed by atoms with Crippen LogP contribution >= 0.6 is 11.3 Å². The van der Waals surface area contributed by atoms with Crippen molar-refractivity contribution >= 4 is 17.2 Å². The van der Waals surface area contributed by atoms with E-state index in [1.54, 1.807) is 11.3 Å². The Bertz CT molecular complexity index is 468. The molecule has 0 saturated carbocycles. The van der Waals surface area contributed by atoms with Gasteiger partial charge in [0, 0.05) is 17.8 Å². The van der Waals surface area contributed by atoms with E-state index in [0.717, 1.165) is 0 Å². The quantitative estimate of drug-likeness (QED) is 0.888. The molecule has 1 fully saturated rings. The molecule has 0 spiro atoms. The van der Waals surface area contributed by atoms with Gasteiger partial charge in [0.05, 0.1) is 11.2 Å². The van der Waals surface area contributed by atoms with Crippen LogP contribution < -0.4 is 11.1 Å². The van der Waals surface area contributed by atoms with Crippen molar-refractivity contribution in [1.29, 1.82) is 0 Å². The molecule has 1 aliphatic rings. The lowest BCUT2D eigenvalue weighted by Gasteiger charge is -2.37. The number of carbonyl (C=O) groups excluding carboxylic acids is 1. The Hall–Kier alpha value is -0.910. The monoisotopic (exact) mass is 282 g/mol. The first kappa shape index (κ1) is 14.5. The van der Waals surface area contributed by atoms with E-state index in [-0.39, 0.29) is 11.5 Å². The highest BCUT2D eigenvalue weighted by Gasteiger charge is 2.60. The van der Waals surface area contributed by atoms with Crippen molar-refractivity contribution in [2.45, 2.75) is 57.4 Å². The molecule has 106 valence electrons. The minimum atomic E-state index is -0.833. The Kier molecular flexibility index (Phi) is 3.49. The first-order valence-corrected chi connectivity index (χ1v) is 7.34. The summed E-state index contributed by atoms with van der Waals surface area (Å²) in [5.74, 6) is -0.348. The van der Waals surface area contributed by atoms with Gasteiger partial charge in [-0.25, -0.2) is 0 Å². The molecule has 4 nitrogen and oxygen atoms in total. The van der Waals surface area contributed by atoms with Crippen LogP contribution in [-0.2, 0) is 16.1 Å². The molecule has 1 aromatic heterocycles. The molecule has 5 heteroatoms. The summed E-state index contributed by atoms with van der Waals surface area (Å²) in [5.41, 5.74) is 3.87. The maximum absolute atomic E-state index is 12.1. The van der Waals surface area contributed by atoms with Crippen LogP contribution in [0, 0.1) is 0 Å². The van der Waals surface area contributed by atoms with Gasteiger partial charge in [0.25, 0.3) is 0 Å². The molecule has 1 saturated heterocycles. The number of amides is 1. The minimum absolute atomic E-state index is 0.348. The SMILES string of the molecule is CC1(C)CC(NCc2cccs2)(C(N)=O)C(C)(C)O1. The summed E-state index contributed by atoms with van der Waals surface area (Å²) in [6.07, 6.45) is 0.577. The molecule has 0 aliphatic carbocycles. The molecule has 0 radical (unpaired) electrons. The third-order valence-electron chi connectivity index (χ3n) is 3.82. The Labute approximate surface area is 118 Å². The van der Waals surface area contributed by atoms with Gasteiger partial charge in [-0.15, -0.1) is 11.3 Å². The van der Waals surface area contributed by atoms with Gasteiger partial charge in [-0.1, -0.05) is 6.07 Å². The third kappa shape index (κ3) is 2.55. The molecular formula is C14H22N2O2S. The van der Waals surface area contributed by atoms with E-state index in [4.69, 9.17) is 10.5 Å². The number of hydrogen-bond donors (Lipinski definition) is 2. The largest absolute Gasteiger partial charge is 0.368 e. The van der Waals surface area contributed by atoms with Crippen LogP contribution in [0.15, 0.2) is 17.5 Å². The summed E-state index contributed by atoms with van der Waals surface area (Å²) in [4.78, 5) is 13.3. The fraction of sp³-hybridized carbons (Fsp3) is 0.643. The minimum Gasteiger partial charge on any atom is -0.368 e. The van der Waals surface area contributed by atoms with E-state index in [0.29, 0.717) is 13.0 Å². The molecule has 1 aliphatic heterocycles. The second-order valence-electron chi connectivity index (χ2n) is 6.25. The average molecular weight is 282 g/mol. The second-order valence-corrected chi connectivity index (χ2v) is 7.28. The number of primary amides is 1. The fourth-order valence-electron chi connectivity index (χ4n) is 3.06. The number of thiophene rings is 1. The zero-order chi connectivity index (χ0) is 14.3. The van der Waals surface area contributed by atoms with Crippen LogP contribution in [0.5, 0.6) is 0 Å². The number of rotatable bonds is 4. The van der Waals surface area contributed by atoms with Gasteiger partial charge < -0.3 is 10.5 Å². The van der Waals surface area contributed by atoms with Crippen molar-refractivity contribution in [3.63, 3.8) is 0 Å². The Morgan fingerprint density at radius 3 is 2.58 bits per heavy atom. The molecule has 0 bridgehead atoms. The lowest BCUT2D eigenvalue weighted by Crippen LogP contribution is -2.64. The fourth-order valence-corrected chi connectivity index (χ4v) is 3.71. The molecule has 19 heavy (non-hydrogen) atoms. The molecule has 3 N–H and O–H groups in total. The van der Waals surface area contributed by atoms with Crippen LogP contribution in [0.3, 0.4) is 0 Å². The van der Waals surface area contributed by atoms with Crippen molar-refractivity contribution in [2.24, 2.45) is 5.73 Å². The smallest absolute Gasteiger partial charge is 0.240 e. The summed E-state index contributed by atoms with van der Waals surface area (Å²) < 4.78 is 6.02. The van der Waals surface area contributed by atoms with Gasteiger partial charge >= 0.3 is 0 Å². The summed E-state index contributed by atoms with van der Waals surface area (Å²) in [7, 11) is 0. The maximum Gasteiger partial charge on any atom is 0.240 e. The van der Waals surface area contributed by atoms with E-state index in [2.05, 4.69) is 5.32 Å². The molecular weight excluding hydrogens is 260 g/mol. The van der Waals surface area contributed by atoms with Gasteiger partial charge in [0.1, 0.15) is 5.54 Å². The molecule has 2 rings (SSSR count). The summed E-state index contributed by atoms with van der Waals surface area (Å²) in [6, 6.07) is 4.04. The standard InChI is InChI=1S/C14H22N2O2S/c1-12(2)9-14(11(15)17,13(3,4)18-12)16-8-10-6-5-7-19-10/h5-7,16H,8-9H2,1-4H3,(H2,15,17). The summed E-state index contributed by atoms with van der Waals surface area (Å²) >= 11 is 1.66. The Balaban J connectivity index is 2.25. The summed E-state index contributed by atoms with van der Waals surface area (Å²) in [5, 5.41) is 5.38. The zero-order valence-electron chi connectivity index (χ0n) is 11.9. The van der Waals surface area contributed by atoms with E-state index in [9.17, 15) is 4.79 Å². The van der Waals surface area contributed by atoms with E-state index < -0.39 is 11.1 Å². The van der Waals surface area contributed by atoms with Crippen LogP contribution in [0.4, 0.5) is 0 Å². The number of hydrogen-bond acceptors (Lipinski definition) is 4. The Morgan fingerprint density at radius 1 is 1.47 bits per heavy atom. The summed E-state index contributed by atoms with van der Waals surface area (Å²) in [6.45, 7) is 8.46. The molecule has 1 unspecified atom stereocenters. The molecule has 1 aromatic rings. The topological polar surface area (TPSA) is 64.3 Å². The highest BCUT2D eigenvalue weighted by molar-refractivity contribution is 7.09. The average Bonchev–Trinajstić information content (AvgIpc) is 2.79. The van der Waals surface area contributed by atoms with Crippen LogP contribution in [-0.4, -0.2) is 22.6 Å². The number of ether oxygens (including phenoxy) is 1. The maximum atomic E-state index is 12.1. The van der Waals surface area contributed by atoms with Crippen LogP contribution in [0.1, 0.15) is 39.0 Å². The van der Waals surface area contributed by atoms with Crippen LogP contribution in [0.2, 0.25) is 0 Å². The number of carbonyl (C=O) groups is 1. The first-order chi connectivity index (χ1) is 8.69. The van der Waals surface area contributed by atoms with E-state index >= 15 is 0 Å². The Morgan fingerprint density at radius 2 is 2.16 bits per heavy atom. The van der Waals surface area contributed by atoms with Crippen molar-refractivity contribution in [3.8, 4) is 0 Å². The van der Waals surface area contributed by atoms with E-state index in [1.165, 1.54) is 4.88 Å². The lowest BCUT2D eigenvalue weighted by molar-refractivity contribution is -0.133. The number of nitrogens with one attached hydrogen (secondary N) is 1. The van der Waals surface area contributed by atoms with Crippen molar-refractivity contribution in [2.75, 3.05) is 0 Å². The lowest BCUT2D eigenvalue weighted by atomic mass is 9.78. The predicted octanol–water partition coefficient (Wildman–Crippen LogP) is 2.04. The predicted molar refractivity (Wildman–Crippen MR) is 76.9 cm³/mol. The number of nitrogens with two attached hydrogens (primary N) is 1. The van der Waals surface area contributed by atoms with Crippen molar-refractivity contribution in [1.82, 2.24) is 5.32 Å². The molecule has 0 aromatic carbocycles. The highest BCUT2D eigenvalue weighted by Crippen LogP contribution is 2.45. The molecule has 2 heterocycles. The second kappa shape index (κ2) is 4.58. The van der Waals surface area contributed by atoms with Gasteiger partial charge in [-0.05, 0) is 39.1 Å². The van der Waals surface area contributed by atoms with Crippen molar-refractivity contribution in [3.05, 3.63) is 22.4 Å². The first-order valence-electron chi connectivity index (χ1n) is 6.46.